The summed E-state index contributed by atoms with van der Waals surface area (Å²) in [6.45, 7) is 0. The highest BCUT2D eigenvalue weighted by Crippen LogP contribution is 2.36. The Bertz CT molecular complexity index is 494. The lowest BCUT2D eigenvalue weighted by molar-refractivity contribution is 0.875. The average molecular weight is 288 g/mol. The van der Waals surface area contributed by atoms with Crippen LogP contribution in [0.1, 0.15) is 5.56 Å². The lowest BCUT2D eigenvalue weighted by atomic mass is 10.1. The molecular weight excluding hydrogens is 279 g/mol. The fourth-order valence-corrected chi connectivity index (χ4v) is 1.96. The monoisotopic (exact) mass is 286 g/mol. The largest absolute Gasteiger partial charge is 0.336 e. The van der Waals surface area contributed by atoms with E-state index >= 15 is 0 Å². The number of rotatable bonds is 2. The van der Waals surface area contributed by atoms with Crippen molar-refractivity contribution in [3.8, 4) is 0 Å². The van der Waals surface area contributed by atoms with Crippen molar-refractivity contribution in [1.29, 1.82) is 0 Å². The maximum atomic E-state index is 6.27. The Hall–Kier alpha value is -0.960. The summed E-state index contributed by atoms with van der Waals surface area (Å²) >= 11 is 18.2. The highest BCUT2D eigenvalue weighted by Gasteiger charge is 2.31. The van der Waals surface area contributed by atoms with E-state index in [1.54, 1.807) is 6.08 Å². The van der Waals surface area contributed by atoms with Gasteiger partial charge in [0.2, 0.25) is 0 Å². The predicted molar refractivity (Wildman–Crippen MR) is 74.4 cm³/mol. The first kappa shape index (κ1) is 12.5. The number of nitrogens with zero attached hydrogens (tertiary/aromatic N) is 1. The van der Waals surface area contributed by atoms with Gasteiger partial charge in [0.1, 0.15) is 5.16 Å². The molecule has 0 fully saturated rings. The normalized spacial score (nSPS) is 24.2. The van der Waals surface area contributed by atoms with Gasteiger partial charge in [-0.25, -0.2) is 4.99 Å². The maximum Gasteiger partial charge on any atom is 0.192 e. The molecule has 1 aliphatic rings. The zero-order chi connectivity index (χ0) is 12.3. The highest BCUT2D eigenvalue weighted by molar-refractivity contribution is 6.46. The fraction of sp³-hybridized carbons (Fsp3) is 0.0833. The maximum absolute atomic E-state index is 6.27. The third-order valence-electron chi connectivity index (χ3n) is 2.24. The van der Waals surface area contributed by atoms with Crippen LogP contribution in [0.4, 0.5) is 0 Å². The van der Waals surface area contributed by atoms with Crippen molar-refractivity contribution in [3.63, 3.8) is 0 Å². The standard InChI is InChI=1S/C12H9Cl3N2/c13-10-11(14)16-8-17-12(10,15)7-6-9-4-2-1-3-5-9/h1-8H,(H,16,17)/b7-6+. The summed E-state index contributed by atoms with van der Waals surface area (Å²) in [5.74, 6) is 0. The van der Waals surface area contributed by atoms with Gasteiger partial charge in [-0.05, 0) is 11.6 Å². The molecule has 1 aromatic rings. The third kappa shape index (κ3) is 2.83. The molecular formula is C12H9Cl3N2. The van der Waals surface area contributed by atoms with E-state index < -0.39 is 5.00 Å². The van der Waals surface area contributed by atoms with Crippen LogP contribution in [0.25, 0.3) is 6.08 Å². The van der Waals surface area contributed by atoms with E-state index in [9.17, 15) is 0 Å². The summed E-state index contributed by atoms with van der Waals surface area (Å²) in [6.07, 6.45) is 4.98. The molecule has 5 heteroatoms. The predicted octanol–water partition coefficient (Wildman–Crippen LogP) is 3.91. The second-order valence-electron chi connectivity index (χ2n) is 3.45. The van der Waals surface area contributed by atoms with Gasteiger partial charge in [-0.3, -0.25) is 0 Å². The molecule has 0 aliphatic carbocycles. The number of hydrogen-bond acceptors (Lipinski definition) is 2. The van der Waals surface area contributed by atoms with Crippen molar-refractivity contribution in [1.82, 2.24) is 5.32 Å². The average Bonchev–Trinajstić information content (AvgIpc) is 2.35. The van der Waals surface area contributed by atoms with Gasteiger partial charge >= 0.3 is 0 Å². The van der Waals surface area contributed by atoms with E-state index in [0.29, 0.717) is 0 Å². The number of benzene rings is 1. The van der Waals surface area contributed by atoms with E-state index in [1.165, 1.54) is 6.34 Å². The summed E-state index contributed by atoms with van der Waals surface area (Å²) < 4.78 is 0. The Kier molecular flexibility index (Phi) is 3.77. The molecule has 0 bridgehead atoms. The van der Waals surface area contributed by atoms with Crippen LogP contribution >= 0.6 is 34.8 Å². The van der Waals surface area contributed by atoms with Gasteiger partial charge in [-0.1, -0.05) is 71.2 Å². The SMILES string of the molecule is ClC1=C(Cl)C(Cl)(/C=C/c2ccccc2)N=CN1. The summed E-state index contributed by atoms with van der Waals surface area (Å²) in [5.41, 5.74) is 1.02. The molecule has 0 aromatic heterocycles. The van der Waals surface area contributed by atoms with Gasteiger partial charge in [0.15, 0.2) is 5.00 Å². The molecule has 17 heavy (non-hydrogen) atoms. The zero-order valence-corrected chi connectivity index (χ0v) is 11.0. The second kappa shape index (κ2) is 5.13. The minimum absolute atomic E-state index is 0.260. The Balaban J connectivity index is 2.26. The van der Waals surface area contributed by atoms with Crippen molar-refractivity contribution in [2.24, 2.45) is 4.99 Å². The van der Waals surface area contributed by atoms with Crippen molar-refractivity contribution >= 4 is 47.2 Å². The van der Waals surface area contributed by atoms with E-state index in [1.807, 2.05) is 36.4 Å². The van der Waals surface area contributed by atoms with Crippen LogP contribution in [0.3, 0.4) is 0 Å². The van der Waals surface area contributed by atoms with Crippen LogP contribution < -0.4 is 5.32 Å². The van der Waals surface area contributed by atoms with Gasteiger partial charge in [-0.15, -0.1) is 0 Å². The van der Waals surface area contributed by atoms with Crippen LogP contribution in [0.15, 0.2) is 51.6 Å². The van der Waals surface area contributed by atoms with Crippen molar-refractivity contribution in [2.45, 2.75) is 5.00 Å². The molecule has 88 valence electrons. The number of aliphatic imine (C=N–C) groups is 1. The Morgan fingerprint density at radius 1 is 1.18 bits per heavy atom. The Morgan fingerprint density at radius 2 is 1.88 bits per heavy atom. The van der Waals surface area contributed by atoms with Crippen molar-refractivity contribution < 1.29 is 0 Å². The van der Waals surface area contributed by atoms with Crippen LogP contribution in [-0.2, 0) is 0 Å². The highest BCUT2D eigenvalue weighted by atomic mass is 35.5. The van der Waals surface area contributed by atoms with Gasteiger partial charge < -0.3 is 5.32 Å². The smallest absolute Gasteiger partial charge is 0.192 e. The molecule has 1 N–H and O–H groups in total. The molecule has 0 radical (unpaired) electrons. The Labute approximate surface area is 115 Å². The zero-order valence-electron chi connectivity index (χ0n) is 8.70. The number of alkyl halides is 1. The lowest BCUT2D eigenvalue weighted by Crippen LogP contribution is -2.26. The minimum Gasteiger partial charge on any atom is -0.336 e. The molecule has 2 rings (SSSR count). The van der Waals surface area contributed by atoms with E-state index in [2.05, 4.69) is 10.3 Å². The molecule has 1 unspecified atom stereocenters. The molecule has 0 amide bonds. The summed E-state index contributed by atoms with van der Waals surface area (Å²) in [7, 11) is 0. The first-order valence-corrected chi connectivity index (χ1v) is 6.04. The van der Waals surface area contributed by atoms with Crippen LogP contribution in [0, 0.1) is 0 Å². The lowest BCUT2D eigenvalue weighted by Gasteiger charge is -2.22. The number of halogens is 3. The molecule has 1 aliphatic heterocycles. The molecule has 1 atom stereocenters. The Morgan fingerprint density at radius 3 is 2.59 bits per heavy atom. The molecule has 1 aromatic carbocycles. The van der Waals surface area contributed by atoms with Crippen LogP contribution in [0.2, 0.25) is 0 Å². The van der Waals surface area contributed by atoms with Gasteiger partial charge in [0.05, 0.1) is 11.4 Å². The number of hydrogen-bond donors (Lipinski definition) is 1. The van der Waals surface area contributed by atoms with Gasteiger partial charge in [0, 0.05) is 0 Å². The van der Waals surface area contributed by atoms with Crippen molar-refractivity contribution in [2.75, 3.05) is 0 Å². The first-order valence-electron chi connectivity index (χ1n) is 4.91. The number of nitrogens with one attached hydrogen (secondary N) is 1. The van der Waals surface area contributed by atoms with Crippen molar-refractivity contribution in [3.05, 3.63) is 52.2 Å². The van der Waals surface area contributed by atoms with Crippen LogP contribution in [-0.4, -0.2) is 11.3 Å². The summed E-state index contributed by atoms with van der Waals surface area (Å²) in [6, 6.07) is 9.75. The minimum atomic E-state index is -1.13. The topological polar surface area (TPSA) is 24.4 Å². The molecule has 0 spiro atoms. The third-order valence-corrected chi connectivity index (χ3v) is 3.62. The van der Waals surface area contributed by atoms with E-state index in [0.717, 1.165) is 5.56 Å². The van der Waals surface area contributed by atoms with Crippen LogP contribution in [0.5, 0.6) is 0 Å². The molecule has 2 nitrogen and oxygen atoms in total. The first-order chi connectivity index (χ1) is 8.12. The fourth-order valence-electron chi connectivity index (χ4n) is 1.34. The summed E-state index contributed by atoms with van der Waals surface area (Å²) in [4.78, 5) is 2.95. The van der Waals surface area contributed by atoms with E-state index in [4.69, 9.17) is 34.8 Å². The molecule has 0 saturated carbocycles. The molecule has 1 heterocycles. The van der Waals surface area contributed by atoms with E-state index in [-0.39, 0.29) is 10.2 Å². The quantitative estimate of drug-likeness (QED) is 0.647. The second-order valence-corrected chi connectivity index (χ2v) is 4.78. The van der Waals surface area contributed by atoms with Gasteiger partial charge in [-0.2, -0.15) is 0 Å². The summed E-state index contributed by atoms with van der Waals surface area (Å²) in [5, 5.41) is 3.23. The molecule has 0 saturated heterocycles. The van der Waals surface area contributed by atoms with Gasteiger partial charge in [0.25, 0.3) is 0 Å².